The van der Waals surface area contributed by atoms with E-state index >= 15 is 0 Å². The third-order valence-corrected chi connectivity index (χ3v) is 5.04. The van der Waals surface area contributed by atoms with E-state index in [1.807, 2.05) is 13.2 Å². The Morgan fingerprint density at radius 1 is 1.33 bits per heavy atom. The maximum atomic E-state index is 12.2. The van der Waals surface area contributed by atoms with Crippen LogP contribution in [0.1, 0.15) is 25.3 Å². The van der Waals surface area contributed by atoms with Gasteiger partial charge in [0.2, 0.25) is 10.0 Å². The van der Waals surface area contributed by atoms with Crippen molar-refractivity contribution in [1.82, 2.24) is 4.72 Å². The molecular weight excluding hydrogens is 310 g/mol. The number of rotatable bonds is 10. The molecule has 0 bridgehead atoms. The Hall–Kier alpha value is -0.760. The van der Waals surface area contributed by atoms with Crippen LogP contribution in [0.25, 0.3) is 0 Å². The second kappa shape index (κ2) is 9.30. The minimum absolute atomic E-state index is 0.153. The number of aliphatic hydroxyl groups excluding tert-OH is 1. The largest absolute Gasteiger partial charge is 0.494 e. The van der Waals surface area contributed by atoms with E-state index in [0.29, 0.717) is 24.5 Å². The number of unbranched alkanes of at least 4 members (excludes halogenated alkanes) is 1. The van der Waals surface area contributed by atoms with Crippen LogP contribution in [0.2, 0.25) is 0 Å². The Labute approximate surface area is 131 Å². The maximum absolute atomic E-state index is 12.2. The number of ether oxygens (including phenoxy) is 1. The molecule has 0 aromatic heterocycles. The van der Waals surface area contributed by atoms with Crippen molar-refractivity contribution in [2.75, 3.05) is 25.2 Å². The van der Waals surface area contributed by atoms with Gasteiger partial charge in [-0.15, -0.1) is 0 Å². The van der Waals surface area contributed by atoms with Crippen molar-refractivity contribution in [2.24, 2.45) is 0 Å². The van der Waals surface area contributed by atoms with E-state index in [0.717, 1.165) is 18.6 Å². The molecule has 0 heterocycles. The quantitative estimate of drug-likeness (QED) is 0.641. The standard InChI is InChI=1S/C14H23NO4S2/c1-3-19-14-7-6-13(10-12(14)11-16)21(17,18)15-8-4-5-9-20-2/h6-7,10,15-16H,3-5,8-9,11H2,1-2H3. The van der Waals surface area contributed by atoms with Gasteiger partial charge in [-0.2, -0.15) is 11.8 Å². The summed E-state index contributed by atoms with van der Waals surface area (Å²) in [5.41, 5.74) is 0.474. The van der Waals surface area contributed by atoms with Gasteiger partial charge in [-0.25, -0.2) is 13.1 Å². The number of hydrogen-bond acceptors (Lipinski definition) is 5. The summed E-state index contributed by atoms with van der Waals surface area (Å²) in [5.74, 6) is 1.54. The molecule has 0 radical (unpaired) electrons. The van der Waals surface area contributed by atoms with Gasteiger partial charge in [-0.3, -0.25) is 0 Å². The second-order valence-corrected chi connectivity index (χ2v) is 7.21. The molecular formula is C14H23NO4S2. The zero-order chi connectivity index (χ0) is 15.7. The summed E-state index contributed by atoms with van der Waals surface area (Å²) in [6.07, 6.45) is 3.82. The third-order valence-electron chi connectivity index (χ3n) is 2.88. The fourth-order valence-electron chi connectivity index (χ4n) is 1.80. The molecule has 0 saturated carbocycles. The summed E-state index contributed by atoms with van der Waals surface area (Å²) in [7, 11) is -3.54. The van der Waals surface area contributed by atoms with E-state index in [4.69, 9.17) is 4.74 Å². The zero-order valence-corrected chi connectivity index (χ0v) is 14.1. The minimum atomic E-state index is -3.54. The van der Waals surface area contributed by atoms with Gasteiger partial charge in [0.05, 0.1) is 18.1 Å². The van der Waals surface area contributed by atoms with Gasteiger partial charge in [0.1, 0.15) is 5.75 Å². The molecule has 7 heteroatoms. The number of sulfonamides is 1. The van der Waals surface area contributed by atoms with Crippen molar-refractivity contribution in [3.63, 3.8) is 0 Å². The van der Waals surface area contributed by atoms with Crippen LogP contribution in [0.4, 0.5) is 0 Å². The highest BCUT2D eigenvalue weighted by atomic mass is 32.2. The highest BCUT2D eigenvalue weighted by Gasteiger charge is 2.15. The Balaban J connectivity index is 2.74. The summed E-state index contributed by atoms with van der Waals surface area (Å²) in [6.45, 7) is 2.46. The predicted octanol–water partition coefficient (Wildman–Crippen LogP) is 2.00. The molecule has 5 nitrogen and oxygen atoms in total. The fraction of sp³-hybridized carbons (Fsp3) is 0.571. The van der Waals surface area contributed by atoms with E-state index < -0.39 is 10.0 Å². The van der Waals surface area contributed by atoms with Crippen molar-refractivity contribution in [1.29, 1.82) is 0 Å². The first kappa shape index (κ1) is 18.3. The molecule has 0 aliphatic rings. The van der Waals surface area contributed by atoms with Crippen LogP contribution in [0.15, 0.2) is 23.1 Å². The number of thioether (sulfide) groups is 1. The first-order valence-corrected chi connectivity index (χ1v) is 9.78. The van der Waals surface area contributed by atoms with E-state index in [-0.39, 0.29) is 11.5 Å². The Bertz CT molecular complexity index is 532. The molecule has 0 saturated heterocycles. The lowest BCUT2D eigenvalue weighted by molar-refractivity contribution is 0.266. The van der Waals surface area contributed by atoms with E-state index in [1.165, 1.54) is 12.1 Å². The zero-order valence-electron chi connectivity index (χ0n) is 12.5. The molecule has 0 aliphatic heterocycles. The maximum Gasteiger partial charge on any atom is 0.240 e. The first-order chi connectivity index (χ1) is 10.0. The molecule has 1 aromatic carbocycles. The summed E-state index contributed by atoms with van der Waals surface area (Å²) in [6, 6.07) is 4.53. The van der Waals surface area contributed by atoms with Gasteiger partial charge in [0, 0.05) is 12.1 Å². The van der Waals surface area contributed by atoms with Crippen LogP contribution < -0.4 is 9.46 Å². The molecule has 0 atom stereocenters. The number of nitrogens with one attached hydrogen (secondary N) is 1. The second-order valence-electron chi connectivity index (χ2n) is 4.46. The molecule has 0 spiro atoms. The molecule has 0 unspecified atom stereocenters. The van der Waals surface area contributed by atoms with Crippen LogP contribution in [-0.4, -0.2) is 38.7 Å². The van der Waals surface area contributed by atoms with E-state index in [1.54, 1.807) is 17.8 Å². The Morgan fingerprint density at radius 2 is 2.10 bits per heavy atom. The van der Waals surface area contributed by atoms with Crippen molar-refractivity contribution < 1.29 is 18.3 Å². The number of benzene rings is 1. The van der Waals surface area contributed by atoms with Gasteiger partial charge in [-0.1, -0.05) is 0 Å². The normalized spacial score (nSPS) is 11.6. The average molecular weight is 333 g/mol. The molecule has 21 heavy (non-hydrogen) atoms. The number of hydrogen-bond donors (Lipinski definition) is 2. The topological polar surface area (TPSA) is 75.6 Å². The first-order valence-electron chi connectivity index (χ1n) is 6.90. The van der Waals surface area contributed by atoms with Crippen molar-refractivity contribution in [3.05, 3.63) is 23.8 Å². The SMILES string of the molecule is CCOc1ccc(S(=O)(=O)NCCCCSC)cc1CO. The average Bonchev–Trinajstić information content (AvgIpc) is 2.47. The molecule has 0 aliphatic carbocycles. The third kappa shape index (κ3) is 5.86. The highest BCUT2D eigenvalue weighted by Crippen LogP contribution is 2.22. The predicted molar refractivity (Wildman–Crippen MR) is 86.3 cm³/mol. The van der Waals surface area contributed by atoms with Crippen LogP contribution in [0.5, 0.6) is 5.75 Å². The smallest absolute Gasteiger partial charge is 0.240 e. The van der Waals surface area contributed by atoms with Crippen LogP contribution >= 0.6 is 11.8 Å². The van der Waals surface area contributed by atoms with Crippen LogP contribution in [-0.2, 0) is 16.6 Å². The lowest BCUT2D eigenvalue weighted by atomic mass is 10.2. The molecule has 1 rings (SSSR count). The lowest BCUT2D eigenvalue weighted by Crippen LogP contribution is -2.25. The molecule has 0 fully saturated rings. The molecule has 120 valence electrons. The Morgan fingerprint density at radius 3 is 2.71 bits per heavy atom. The highest BCUT2D eigenvalue weighted by molar-refractivity contribution is 7.98. The van der Waals surface area contributed by atoms with E-state index in [2.05, 4.69) is 4.72 Å². The summed E-state index contributed by atoms with van der Waals surface area (Å²) in [4.78, 5) is 0.153. The van der Waals surface area contributed by atoms with Gasteiger partial charge in [0.25, 0.3) is 0 Å². The fourth-order valence-corrected chi connectivity index (χ4v) is 3.42. The molecule has 1 aromatic rings. The van der Waals surface area contributed by atoms with Crippen molar-refractivity contribution in [2.45, 2.75) is 31.3 Å². The van der Waals surface area contributed by atoms with Crippen LogP contribution in [0, 0.1) is 0 Å². The Kier molecular flexibility index (Phi) is 8.10. The van der Waals surface area contributed by atoms with Gasteiger partial charge >= 0.3 is 0 Å². The van der Waals surface area contributed by atoms with E-state index in [9.17, 15) is 13.5 Å². The summed E-state index contributed by atoms with van der Waals surface area (Å²) in [5, 5.41) is 9.31. The van der Waals surface area contributed by atoms with Gasteiger partial charge in [0.15, 0.2) is 0 Å². The van der Waals surface area contributed by atoms with Crippen LogP contribution in [0.3, 0.4) is 0 Å². The van der Waals surface area contributed by atoms with Crippen molar-refractivity contribution in [3.8, 4) is 5.75 Å². The lowest BCUT2D eigenvalue weighted by Gasteiger charge is -2.11. The number of aliphatic hydroxyl groups is 1. The van der Waals surface area contributed by atoms with Gasteiger partial charge in [-0.05, 0) is 50.0 Å². The minimum Gasteiger partial charge on any atom is -0.494 e. The van der Waals surface area contributed by atoms with Gasteiger partial charge < -0.3 is 9.84 Å². The van der Waals surface area contributed by atoms with Crippen molar-refractivity contribution >= 4 is 21.8 Å². The molecule has 2 N–H and O–H groups in total. The summed E-state index contributed by atoms with van der Waals surface area (Å²) < 4.78 is 32.2. The molecule has 0 amide bonds. The summed E-state index contributed by atoms with van der Waals surface area (Å²) >= 11 is 1.75. The monoisotopic (exact) mass is 333 g/mol.